The molecule has 1 aromatic rings. The van der Waals surface area contributed by atoms with Gasteiger partial charge in [0.2, 0.25) is 0 Å². The van der Waals surface area contributed by atoms with Crippen LogP contribution in [0.15, 0.2) is 58.6 Å². The van der Waals surface area contributed by atoms with Gasteiger partial charge < -0.3 is 10.1 Å². The molecule has 0 saturated carbocycles. The molecule has 2 aliphatic rings. The molecule has 5 nitrogen and oxygen atoms in total. The van der Waals surface area contributed by atoms with Crippen molar-refractivity contribution in [3.05, 3.63) is 64.2 Å². The number of carbonyl (C=O) groups is 2. The summed E-state index contributed by atoms with van der Waals surface area (Å²) in [4.78, 5) is 26.0. The van der Waals surface area contributed by atoms with Crippen molar-refractivity contribution < 1.29 is 14.3 Å². The minimum Gasteiger partial charge on any atom is -0.465 e. The second-order valence-corrected chi connectivity index (χ2v) is 6.29. The first-order valence-electron chi connectivity index (χ1n) is 7.68. The number of hydrogen-bond acceptors (Lipinski definition) is 3. The van der Waals surface area contributed by atoms with Crippen LogP contribution in [0.1, 0.15) is 12.5 Å². The highest BCUT2D eigenvalue weighted by molar-refractivity contribution is 9.11. The van der Waals surface area contributed by atoms with Gasteiger partial charge in [0.05, 0.1) is 18.3 Å². The molecular weight excluding hydrogens is 372 g/mol. The predicted molar refractivity (Wildman–Crippen MR) is 95.2 cm³/mol. The van der Waals surface area contributed by atoms with Crippen LogP contribution in [0.5, 0.6) is 0 Å². The second kappa shape index (κ2) is 7.05. The van der Waals surface area contributed by atoms with Crippen molar-refractivity contribution in [2.45, 2.75) is 13.0 Å². The van der Waals surface area contributed by atoms with Crippen LogP contribution in [0.25, 0.3) is 5.70 Å². The molecule has 0 saturated heterocycles. The molecule has 3 rings (SSSR count). The number of carbonyl (C=O) groups excluding carboxylic acids is 2. The normalized spacial score (nSPS) is 19.6. The number of hydrogen-bond donors (Lipinski definition) is 1. The van der Waals surface area contributed by atoms with Gasteiger partial charge in [-0.05, 0) is 24.6 Å². The van der Waals surface area contributed by atoms with Crippen molar-refractivity contribution >= 4 is 33.6 Å². The number of nitrogens with zero attached hydrogens (tertiary/aromatic N) is 1. The van der Waals surface area contributed by atoms with E-state index in [4.69, 9.17) is 4.74 Å². The molecule has 0 unspecified atom stereocenters. The molecule has 0 fully saturated rings. The highest BCUT2D eigenvalue weighted by atomic mass is 79.9. The maximum absolute atomic E-state index is 12.6. The van der Waals surface area contributed by atoms with Crippen LogP contribution in [0.4, 0.5) is 4.79 Å². The van der Waals surface area contributed by atoms with Gasteiger partial charge in [-0.15, -0.1) is 0 Å². The third-order valence-electron chi connectivity index (χ3n) is 3.78. The summed E-state index contributed by atoms with van der Waals surface area (Å²) in [6, 6.07) is 9.05. The van der Waals surface area contributed by atoms with Crippen molar-refractivity contribution in [2.75, 3.05) is 13.2 Å². The first kappa shape index (κ1) is 16.5. The number of amides is 2. The molecule has 124 valence electrons. The Balaban J connectivity index is 2.09. The third kappa shape index (κ3) is 3.28. The fraction of sp³-hybridized carbons (Fsp3) is 0.222. The molecular formula is C18H17BrN2O3. The fourth-order valence-electron chi connectivity index (χ4n) is 2.79. The van der Waals surface area contributed by atoms with E-state index in [2.05, 4.69) is 21.2 Å². The SMILES string of the molecule is CCOC(=O)CN1C(=O)N[C@H]2C=CC(Br)=CC2=C1c1ccccc1. The quantitative estimate of drug-likeness (QED) is 0.805. The Morgan fingerprint density at radius 3 is 2.79 bits per heavy atom. The van der Waals surface area contributed by atoms with Crippen LogP contribution in [0.3, 0.4) is 0 Å². The molecule has 1 aromatic carbocycles. The molecule has 1 aliphatic heterocycles. The Kier molecular flexibility index (Phi) is 4.85. The minimum atomic E-state index is -0.436. The summed E-state index contributed by atoms with van der Waals surface area (Å²) < 4.78 is 5.92. The number of fused-ring (bicyclic) bond motifs is 1. The second-order valence-electron chi connectivity index (χ2n) is 5.38. The van der Waals surface area contributed by atoms with Crippen LogP contribution >= 0.6 is 15.9 Å². The molecule has 1 atom stereocenters. The average molecular weight is 389 g/mol. The van der Waals surface area contributed by atoms with Crippen LogP contribution in [-0.2, 0) is 9.53 Å². The number of esters is 1. The van der Waals surface area contributed by atoms with E-state index >= 15 is 0 Å². The van der Waals surface area contributed by atoms with Crippen LogP contribution < -0.4 is 5.32 Å². The van der Waals surface area contributed by atoms with Crippen molar-refractivity contribution in [3.8, 4) is 0 Å². The number of halogens is 1. The molecule has 1 N–H and O–H groups in total. The maximum Gasteiger partial charge on any atom is 0.326 e. The van der Waals surface area contributed by atoms with Gasteiger partial charge in [-0.3, -0.25) is 9.69 Å². The van der Waals surface area contributed by atoms with Crippen LogP contribution in [-0.4, -0.2) is 36.1 Å². The number of benzene rings is 1. The van der Waals surface area contributed by atoms with Gasteiger partial charge in [0, 0.05) is 10.1 Å². The molecule has 6 heteroatoms. The Morgan fingerprint density at radius 1 is 1.33 bits per heavy atom. The Labute approximate surface area is 148 Å². The molecule has 1 heterocycles. The number of urea groups is 1. The largest absolute Gasteiger partial charge is 0.465 e. The van der Waals surface area contributed by atoms with Crippen molar-refractivity contribution in [2.24, 2.45) is 0 Å². The monoisotopic (exact) mass is 388 g/mol. The number of allylic oxidation sites excluding steroid dienone is 2. The Morgan fingerprint density at radius 2 is 2.08 bits per heavy atom. The minimum absolute atomic E-state index is 0.130. The van der Waals surface area contributed by atoms with Crippen molar-refractivity contribution in [1.29, 1.82) is 0 Å². The lowest BCUT2D eigenvalue weighted by Crippen LogP contribution is -2.51. The Hall–Kier alpha value is -2.34. The van der Waals surface area contributed by atoms with Crippen molar-refractivity contribution in [1.82, 2.24) is 10.2 Å². The van der Waals surface area contributed by atoms with Gasteiger partial charge in [0.15, 0.2) is 0 Å². The summed E-state index contributed by atoms with van der Waals surface area (Å²) in [6.45, 7) is 1.89. The van der Waals surface area contributed by atoms with Gasteiger partial charge >= 0.3 is 12.0 Å². The molecule has 2 amide bonds. The summed E-state index contributed by atoms with van der Waals surface area (Å²) in [6.07, 6.45) is 5.78. The van der Waals surface area contributed by atoms with Gasteiger partial charge in [-0.1, -0.05) is 52.3 Å². The number of rotatable bonds is 4. The molecule has 0 spiro atoms. The lowest BCUT2D eigenvalue weighted by atomic mass is 9.93. The lowest BCUT2D eigenvalue weighted by molar-refractivity contribution is -0.143. The highest BCUT2D eigenvalue weighted by Gasteiger charge is 2.34. The molecule has 0 aromatic heterocycles. The van der Waals surface area contributed by atoms with E-state index in [1.54, 1.807) is 6.92 Å². The first-order valence-corrected chi connectivity index (χ1v) is 8.48. The standard InChI is InChI=1S/C18H17BrN2O3/c1-2-24-16(22)11-21-17(12-6-4-3-5-7-12)14-10-13(19)8-9-15(14)20-18(21)23/h3-10,15H,2,11H2,1H3,(H,20,23)/t15-/m0/s1. The summed E-state index contributed by atoms with van der Waals surface area (Å²) in [5.74, 6) is -0.436. The van der Waals surface area contributed by atoms with E-state index in [1.165, 1.54) is 4.90 Å². The number of ether oxygens (including phenoxy) is 1. The number of nitrogens with one attached hydrogen (secondary N) is 1. The summed E-state index contributed by atoms with van der Waals surface area (Å²) in [7, 11) is 0. The van der Waals surface area contributed by atoms with E-state index in [-0.39, 0.29) is 25.2 Å². The maximum atomic E-state index is 12.6. The molecule has 0 radical (unpaired) electrons. The molecule has 0 bridgehead atoms. The van der Waals surface area contributed by atoms with E-state index in [9.17, 15) is 9.59 Å². The van der Waals surface area contributed by atoms with Gasteiger partial charge in [-0.2, -0.15) is 0 Å². The van der Waals surface area contributed by atoms with Gasteiger partial charge in [0.1, 0.15) is 6.54 Å². The van der Waals surface area contributed by atoms with E-state index in [0.717, 1.165) is 21.3 Å². The van der Waals surface area contributed by atoms with Gasteiger partial charge in [0.25, 0.3) is 0 Å². The third-order valence-corrected chi connectivity index (χ3v) is 4.28. The van der Waals surface area contributed by atoms with Crippen LogP contribution in [0, 0.1) is 0 Å². The summed E-state index contributed by atoms with van der Waals surface area (Å²) >= 11 is 3.48. The molecule has 1 aliphatic carbocycles. The zero-order chi connectivity index (χ0) is 17.1. The Bertz CT molecular complexity index is 753. The van der Waals surface area contributed by atoms with E-state index in [0.29, 0.717) is 0 Å². The van der Waals surface area contributed by atoms with E-state index < -0.39 is 5.97 Å². The predicted octanol–water partition coefficient (Wildman–Crippen LogP) is 3.20. The lowest BCUT2D eigenvalue weighted by Gasteiger charge is -2.36. The smallest absolute Gasteiger partial charge is 0.326 e. The van der Waals surface area contributed by atoms with Crippen molar-refractivity contribution in [3.63, 3.8) is 0 Å². The topological polar surface area (TPSA) is 58.6 Å². The van der Waals surface area contributed by atoms with Gasteiger partial charge in [-0.25, -0.2) is 4.79 Å². The zero-order valence-corrected chi connectivity index (χ0v) is 14.7. The first-order chi connectivity index (χ1) is 11.6. The molecule has 24 heavy (non-hydrogen) atoms. The average Bonchev–Trinajstić information content (AvgIpc) is 2.57. The van der Waals surface area contributed by atoms with E-state index in [1.807, 2.05) is 48.6 Å². The summed E-state index contributed by atoms with van der Waals surface area (Å²) in [5, 5.41) is 2.91. The zero-order valence-electron chi connectivity index (χ0n) is 13.2. The summed E-state index contributed by atoms with van der Waals surface area (Å²) in [5.41, 5.74) is 2.53. The van der Waals surface area contributed by atoms with Crippen LogP contribution in [0.2, 0.25) is 0 Å². The highest BCUT2D eigenvalue weighted by Crippen LogP contribution is 2.33. The fourth-order valence-corrected chi connectivity index (χ4v) is 3.19.